The highest BCUT2D eigenvalue weighted by Gasteiger charge is 2.19. The molecule has 1 heterocycles. The van der Waals surface area contributed by atoms with Crippen molar-refractivity contribution in [3.05, 3.63) is 29.3 Å². The van der Waals surface area contributed by atoms with Crippen molar-refractivity contribution in [2.24, 2.45) is 5.73 Å². The standard InChI is InChI=1S/C10H11N5/c11-9-4-2-6-5-7(1-3-8(6)9)10-12-14-15-13-10/h1,3,5,9H,2,4,11H2,(H,12,13,14,15)/t9-/m0/s1. The summed E-state index contributed by atoms with van der Waals surface area (Å²) in [5, 5.41) is 13.9. The first-order valence-corrected chi connectivity index (χ1v) is 4.97. The third-order valence-corrected chi connectivity index (χ3v) is 2.87. The number of nitrogens with one attached hydrogen (secondary N) is 1. The molecule has 1 aliphatic rings. The molecule has 1 aliphatic carbocycles. The molecule has 0 amide bonds. The van der Waals surface area contributed by atoms with Crippen LogP contribution >= 0.6 is 0 Å². The van der Waals surface area contributed by atoms with Crippen molar-refractivity contribution in [2.45, 2.75) is 18.9 Å². The Morgan fingerprint density at radius 1 is 1.40 bits per heavy atom. The molecule has 0 saturated carbocycles. The summed E-state index contributed by atoms with van der Waals surface area (Å²) in [6.07, 6.45) is 2.08. The van der Waals surface area contributed by atoms with Crippen molar-refractivity contribution in [2.75, 3.05) is 0 Å². The zero-order valence-electron chi connectivity index (χ0n) is 8.14. The predicted octanol–water partition coefficient (Wildman–Crippen LogP) is 0.813. The summed E-state index contributed by atoms with van der Waals surface area (Å²) in [7, 11) is 0. The van der Waals surface area contributed by atoms with Crippen LogP contribution in [0.25, 0.3) is 11.4 Å². The Kier molecular flexibility index (Phi) is 1.78. The lowest BCUT2D eigenvalue weighted by molar-refractivity contribution is 0.713. The summed E-state index contributed by atoms with van der Waals surface area (Å²) in [6.45, 7) is 0. The fraction of sp³-hybridized carbons (Fsp3) is 0.300. The summed E-state index contributed by atoms with van der Waals surface area (Å²) < 4.78 is 0. The molecule has 15 heavy (non-hydrogen) atoms. The monoisotopic (exact) mass is 201 g/mol. The van der Waals surface area contributed by atoms with Crippen molar-refractivity contribution in [3.8, 4) is 11.4 Å². The zero-order chi connectivity index (χ0) is 10.3. The predicted molar refractivity (Wildman–Crippen MR) is 54.9 cm³/mol. The molecule has 0 fully saturated rings. The molecule has 0 bridgehead atoms. The lowest BCUT2D eigenvalue weighted by Gasteiger charge is -2.04. The van der Waals surface area contributed by atoms with E-state index in [2.05, 4.69) is 32.8 Å². The summed E-state index contributed by atoms with van der Waals surface area (Å²) in [6, 6.07) is 6.36. The number of H-pyrrole nitrogens is 1. The first-order valence-electron chi connectivity index (χ1n) is 4.97. The highest BCUT2D eigenvalue weighted by Crippen LogP contribution is 2.31. The SMILES string of the molecule is N[C@H]1CCc2cc(-c3nn[nH]n3)ccc21. The van der Waals surface area contributed by atoms with Gasteiger partial charge in [0, 0.05) is 11.6 Å². The van der Waals surface area contributed by atoms with E-state index in [0.717, 1.165) is 18.4 Å². The van der Waals surface area contributed by atoms with Gasteiger partial charge in [0.15, 0.2) is 0 Å². The zero-order valence-corrected chi connectivity index (χ0v) is 8.14. The summed E-state index contributed by atoms with van der Waals surface area (Å²) in [5.41, 5.74) is 9.52. The van der Waals surface area contributed by atoms with E-state index in [1.165, 1.54) is 11.1 Å². The smallest absolute Gasteiger partial charge is 0.204 e. The second-order valence-electron chi connectivity index (χ2n) is 3.79. The molecule has 76 valence electrons. The van der Waals surface area contributed by atoms with Crippen LogP contribution in [0.15, 0.2) is 18.2 Å². The van der Waals surface area contributed by atoms with Crippen molar-refractivity contribution < 1.29 is 0 Å². The fourth-order valence-electron chi connectivity index (χ4n) is 2.07. The molecule has 1 aromatic heterocycles. The van der Waals surface area contributed by atoms with Gasteiger partial charge in [0.2, 0.25) is 5.82 Å². The quantitative estimate of drug-likeness (QED) is 0.715. The largest absolute Gasteiger partial charge is 0.324 e. The molecule has 0 radical (unpaired) electrons. The van der Waals surface area contributed by atoms with Gasteiger partial charge >= 0.3 is 0 Å². The number of aromatic amines is 1. The van der Waals surface area contributed by atoms with E-state index in [4.69, 9.17) is 5.73 Å². The lowest BCUT2D eigenvalue weighted by atomic mass is 10.0. The third-order valence-electron chi connectivity index (χ3n) is 2.87. The van der Waals surface area contributed by atoms with E-state index < -0.39 is 0 Å². The first-order chi connectivity index (χ1) is 7.34. The minimum atomic E-state index is 0.194. The Morgan fingerprint density at radius 3 is 3.13 bits per heavy atom. The van der Waals surface area contributed by atoms with Crippen LogP contribution < -0.4 is 5.73 Å². The molecule has 3 N–H and O–H groups in total. The normalized spacial score (nSPS) is 19.1. The molecular weight excluding hydrogens is 190 g/mol. The molecule has 5 heteroatoms. The maximum atomic E-state index is 5.97. The molecule has 3 rings (SSSR count). The Hall–Kier alpha value is -1.75. The minimum absolute atomic E-state index is 0.194. The van der Waals surface area contributed by atoms with Gasteiger partial charge in [-0.25, -0.2) is 0 Å². The number of benzene rings is 1. The highest BCUT2D eigenvalue weighted by molar-refractivity contribution is 5.57. The van der Waals surface area contributed by atoms with E-state index in [1.54, 1.807) is 0 Å². The van der Waals surface area contributed by atoms with E-state index >= 15 is 0 Å². The maximum Gasteiger partial charge on any atom is 0.204 e. The van der Waals surface area contributed by atoms with Gasteiger partial charge in [-0.05, 0) is 35.2 Å². The van der Waals surface area contributed by atoms with Crippen molar-refractivity contribution >= 4 is 0 Å². The van der Waals surface area contributed by atoms with Crippen LogP contribution in [0, 0.1) is 0 Å². The van der Waals surface area contributed by atoms with Gasteiger partial charge < -0.3 is 5.73 Å². The van der Waals surface area contributed by atoms with E-state index in [0.29, 0.717) is 5.82 Å². The summed E-state index contributed by atoms with van der Waals surface area (Å²) >= 11 is 0. The van der Waals surface area contributed by atoms with Gasteiger partial charge in [0.25, 0.3) is 0 Å². The van der Waals surface area contributed by atoms with E-state index in [1.807, 2.05) is 6.07 Å². The number of fused-ring (bicyclic) bond motifs is 1. The maximum absolute atomic E-state index is 5.97. The topological polar surface area (TPSA) is 80.5 Å². The second-order valence-corrected chi connectivity index (χ2v) is 3.79. The van der Waals surface area contributed by atoms with Crippen molar-refractivity contribution in [3.63, 3.8) is 0 Å². The molecule has 1 aromatic carbocycles. The number of aryl methyl sites for hydroxylation is 1. The number of nitrogens with two attached hydrogens (primary N) is 1. The molecule has 0 spiro atoms. The van der Waals surface area contributed by atoms with Crippen LogP contribution in [0.2, 0.25) is 0 Å². The van der Waals surface area contributed by atoms with E-state index in [-0.39, 0.29) is 6.04 Å². The first kappa shape index (κ1) is 8.55. The van der Waals surface area contributed by atoms with Crippen LogP contribution in [0.3, 0.4) is 0 Å². The number of nitrogens with zero attached hydrogens (tertiary/aromatic N) is 3. The molecule has 1 atom stereocenters. The van der Waals surface area contributed by atoms with Gasteiger partial charge in [0.05, 0.1) is 0 Å². The van der Waals surface area contributed by atoms with Crippen LogP contribution in [0.5, 0.6) is 0 Å². The van der Waals surface area contributed by atoms with E-state index in [9.17, 15) is 0 Å². The third kappa shape index (κ3) is 1.32. The Labute approximate surface area is 86.7 Å². The molecule has 0 unspecified atom stereocenters. The van der Waals surface area contributed by atoms with Crippen LogP contribution in [0.1, 0.15) is 23.6 Å². The van der Waals surface area contributed by atoms with Crippen molar-refractivity contribution in [1.29, 1.82) is 0 Å². The number of rotatable bonds is 1. The Balaban J connectivity index is 2.07. The van der Waals surface area contributed by atoms with Gasteiger partial charge in [-0.15, -0.1) is 10.2 Å². The van der Waals surface area contributed by atoms with Gasteiger partial charge in [0.1, 0.15) is 0 Å². The second kappa shape index (κ2) is 3.13. The summed E-state index contributed by atoms with van der Waals surface area (Å²) in [5.74, 6) is 0.637. The molecule has 0 saturated heterocycles. The summed E-state index contributed by atoms with van der Waals surface area (Å²) in [4.78, 5) is 0. The van der Waals surface area contributed by atoms with Gasteiger partial charge in [-0.2, -0.15) is 5.21 Å². The Bertz CT molecular complexity index is 477. The Morgan fingerprint density at radius 2 is 2.33 bits per heavy atom. The fourth-order valence-corrected chi connectivity index (χ4v) is 2.07. The van der Waals surface area contributed by atoms with Crippen LogP contribution in [0.4, 0.5) is 0 Å². The van der Waals surface area contributed by atoms with Crippen LogP contribution in [-0.4, -0.2) is 20.6 Å². The van der Waals surface area contributed by atoms with Gasteiger partial charge in [-0.3, -0.25) is 0 Å². The minimum Gasteiger partial charge on any atom is -0.324 e. The highest BCUT2D eigenvalue weighted by atomic mass is 15.5. The number of tetrazole rings is 1. The number of aromatic nitrogens is 4. The average molecular weight is 201 g/mol. The molecule has 2 aromatic rings. The molecule has 5 nitrogen and oxygen atoms in total. The van der Waals surface area contributed by atoms with Gasteiger partial charge in [-0.1, -0.05) is 12.1 Å². The van der Waals surface area contributed by atoms with Crippen LogP contribution in [-0.2, 0) is 6.42 Å². The molecule has 0 aliphatic heterocycles. The van der Waals surface area contributed by atoms with Crippen molar-refractivity contribution in [1.82, 2.24) is 20.6 Å². The molecular formula is C10H11N5. The lowest BCUT2D eigenvalue weighted by Crippen LogP contribution is -2.04. The number of hydrogen-bond donors (Lipinski definition) is 2. The average Bonchev–Trinajstić information content (AvgIpc) is 2.88. The number of hydrogen-bond acceptors (Lipinski definition) is 4.